The SMILES string of the molecule is C[C@@H]1OC2OC(C)(C)O[C@@H]2[C@H](O)[C@H]1OC1O[C@@H]2COC(C)(C)O[C@H]2[C@@H]2OC(C)(C)O[C@H]12. The van der Waals surface area contributed by atoms with Crippen molar-refractivity contribution in [1.82, 2.24) is 0 Å². The van der Waals surface area contributed by atoms with Crippen molar-refractivity contribution < 1.29 is 47.7 Å². The molecule has 5 fully saturated rings. The van der Waals surface area contributed by atoms with E-state index in [2.05, 4.69) is 0 Å². The van der Waals surface area contributed by atoms with Crippen LogP contribution in [-0.2, 0) is 42.6 Å². The summed E-state index contributed by atoms with van der Waals surface area (Å²) in [6, 6.07) is 0. The highest BCUT2D eigenvalue weighted by Gasteiger charge is 2.61. The molecule has 0 aromatic carbocycles. The van der Waals surface area contributed by atoms with Crippen LogP contribution in [0.4, 0.5) is 0 Å². The molecule has 0 aliphatic carbocycles. The second-order valence-electron chi connectivity index (χ2n) is 10.3. The molecule has 0 radical (unpaired) electrons. The maximum atomic E-state index is 11.0. The molecule has 2 unspecified atom stereocenters. The molecule has 10 atom stereocenters. The minimum absolute atomic E-state index is 0.333. The lowest BCUT2D eigenvalue weighted by atomic mass is 9.96. The monoisotopic (exact) mass is 446 g/mol. The topological polar surface area (TPSA) is 103 Å². The van der Waals surface area contributed by atoms with Crippen molar-refractivity contribution >= 4 is 0 Å². The molecule has 0 aromatic heterocycles. The molecule has 10 nitrogen and oxygen atoms in total. The van der Waals surface area contributed by atoms with E-state index in [1.165, 1.54) is 0 Å². The molecule has 5 aliphatic rings. The molecular weight excluding hydrogens is 412 g/mol. The minimum Gasteiger partial charge on any atom is -0.387 e. The zero-order valence-corrected chi connectivity index (χ0v) is 19.1. The number of fused-ring (bicyclic) bond motifs is 4. The fraction of sp³-hybridized carbons (Fsp3) is 1.00. The highest BCUT2D eigenvalue weighted by molar-refractivity contribution is 5.01. The van der Waals surface area contributed by atoms with Crippen LogP contribution in [0.1, 0.15) is 48.5 Å². The lowest BCUT2D eigenvalue weighted by molar-refractivity contribution is -0.383. The maximum absolute atomic E-state index is 11.0. The van der Waals surface area contributed by atoms with Crippen LogP contribution in [0.3, 0.4) is 0 Å². The third-order valence-electron chi connectivity index (χ3n) is 6.31. The maximum Gasteiger partial charge on any atom is 0.190 e. The Morgan fingerprint density at radius 3 is 2.10 bits per heavy atom. The van der Waals surface area contributed by atoms with Gasteiger partial charge in [0.2, 0.25) is 0 Å². The van der Waals surface area contributed by atoms with E-state index >= 15 is 0 Å². The molecule has 5 heterocycles. The van der Waals surface area contributed by atoms with Crippen molar-refractivity contribution in [2.75, 3.05) is 6.61 Å². The van der Waals surface area contributed by atoms with E-state index in [0.717, 1.165) is 0 Å². The van der Waals surface area contributed by atoms with Gasteiger partial charge in [-0.2, -0.15) is 0 Å². The largest absolute Gasteiger partial charge is 0.387 e. The molecule has 0 spiro atoms. The minimum atomic E-state index is -0.969. The van der Waals surface area contributed by atoms with Gasteiger partial charge in [-0.15, -0.1) is 0 Å². The molecule has 0 aromatic rings. The summed E-state index contributed by atoms with van der Waals surface area (Å²) in [4.78, 5) is 0. The van der Waals surface area contributed by atoms with Crippen LogP contribution in [0.15, 0.2) is 0 Å². The van der Waals surface area contributed by atoms with E-state index < -0.39 is 72.7 Å². The number of hydrogen-bond acceptors (Lipinski definition) is 10. The predicted molar refractivity (Wildman–Crippen MR) is 103 cm³/mol. The fourth-order valence-corrected chi connectivity index (χ4v) is 5.05. The van der Waals surface area contributed by atoms with Crippen LogP contribution in [-0.4, -0.2) is 90.5 Å². The van der Waals surface area contributed by atoms with Crippen molar-refractivity contribution in [3.63, 3.8) is 0 Å². The fourth-order valence-electron chi connectivity index (χ4n) is 5.05. The Kier molecular flexibility index (Phi) is 5.27. The van der Waals surface area contributed by atoms with Gasteiger partial charge in [-0.05, 0) is 48.5 Å². The standard InChI is InChI=1S/C21H34O10/c1-9-12(11(22)14-18(24-9)31-21(6,7)28-14)26-17-16-15(29-20(4,5)30-16)13-10(25-17)8-23-19(2,3)27-13/h9-18,22H,8H2,1-7H3/t9-,10+,11+,12-,13+,14+,15-,16-,17?,18?/m0/s1. The molecule has 10 heteroatoms. The van der Waals surface area contributed by atoms with E-state index in [4.69, 9.17) is 42.6 Å². The average molecular weight is 446 g/mol. The molecule has 0 amide bonds. The normalized spacial score (nSPS) is 52.3. The zero-order chi connectivity index (χ0) is 22.3. The van der Waals surface area contributed by atoms with Crippen LogP contribution in [0.2, 0.25) is 0 Å². The Hall–Kier alpha value is -0.400. The molecule has 178 valence electrons. The Morgan fingerprint density at radius 2 is 1.35 bits per heavy atom. The number of aliphatic hydroxyl groups excluding tert-OH is 1. The summed E-state index contributed by atoms with van der Waals surface area (Å²) in [5.74, 6) is -2.42. The smallest absolute Gasteiger partial charge is 0.190 e. The summed E-state index contributed by atoms with van der Waals surface area (Å²) in [5, 5.41) is 11.0. The lowest BCUT2D eigenvalue weighted by Gasteiger charge is -2.49. The highest BCUT2D eigenvalue weighted by Crippen LogP contribution is 2.44. The van der Waals surface area contributed by atoms with Gasteiger partial charge in [0, 0.05) is 0 Å². The second kappa shape index (κ2) is 7.30. The van der Waals surface area contributed by atoms with Gasteiger partial charge < -0.3 is 47.7 Å². The molecule has 31 heavy (non-hydrogen) atoms. The van der Waals surface area contributed by atoms with Gasteiger partial charge in [-0.3, -0.25) is 0 Å². The summed E-state index contributed by atoms with van der Waals surface area (Å²) in [5.41, 5.74) is 0. The van der Waals surface area contributed by atoms with Crippen LogP contribution in [0.25, 0.3) is 0 Å². The summed E-state index contributed by atoms with van der Waals surface area (Å²) in [6.07, 6.45) is -5.97. The highest BCUT2D eigenvalue weighted by atomic mass is 16.8. The first-order valence-corrected chi connectivity index (χ1v) is 11.0. The number of ether oxygens (including phenoxy) is 9. The third kappa shape index (κ3) is 4.05. The van der Waals surface area contributed by atoms with Crippen molar-refractivity contribution in [3.8, 4) is 0 Å². The summed E-state index contributed by atoms with van der Waals surface area (Å²) in [6.45, 7) is 13.1. The van der Waals surface area contributed by atoms with E-state index in [1.54, 1.807) is 13.8 Å². The van der Waals surface area contributed by atoms with Crippen molar-refractivity contribution in [2.24, 2.45) is 0 Å². The molecule has 1 N–H and O–H groups in total. The van der Waals surface area contributed by atoms with Gasteiger partial charge in [0.05, 0.1) is 12.7 Å². The Balaban J connectivity index is 1.35. The number of rotatable bonds is 2. The van der Waals surface area contributed by atoms with Crippen LogP contribution < -0.4 is 0 Å². The van der Waals surface area contributed by atoms with Crippen LogP contribution >= 0.6 is 0 Å². The summed E-state index contributed by atoms with van der Waals surface area (Å²) in [7, 11) is 0. The first kappa shape index (κ1) is 22.4. The van der Waals surface area contributed by atoms with Crippen molar-refractivity contribution in [3.05, 3.63) is 0 Å². The van der Waals surface area contributed by atoms with Gasteiger partial charge in [0.15, 0.2) is 29.9 Å². The molecule has 5 aliphatic heterocycles. The van der Waals surface area contributed by atoms with Crippen molar-refractivity contribution in [2.45, 2.75) is 127 Å². The van der Waals surface area contributed by atoms with Crippen LogP contribution in [0.5, 0.6) is 0 Å². The Morgan fingerprint density at radius 1 is 0.742 bits per heavy atom. The number of aliphatic hydroxyl groups is 1. The van der Waals surface area contributed by atoms with E-state index in [0.29, 0.717) is 6.61 Å². The van der Waals surface area contributed by atoms with Gasteiger partial charge >= 0.3 is 0 Å². The second-order valence-corrected chi connectivity index (χ2v) is 10.3. The quantitative estimate of drug-likeness (QED) is 0.661. The van der Waals surface area contributed by atoms with Crippen molar-refractivity contribution in [1.29, 1.82) is 0 Å². The molecule has 5 saturated heterocycles. The third-order valence-corrected chi connectivity index (χ3v) is 6.31. The predicted octanol–water partition coefficient (Wildman–Crippen LogP) is 1.03. The molecule has 0 saturated carbocycles. The van der Waals surface area contributed by atoms with Crippen LogP contribution in [0, 0.1) is 0 Å². The summed E-state index contributed by atoms with van der Waals surface area (Å²) < 4.78 is 54.3. The van der Waals surface area contributed by atoms with E-state index in [-0.39, 0.29) is 6.10 Å². The summed E-state index contributed by atoms with van der Waals surface area (Å²) >= 11 is 0. The molecule has 5 rings (SSSR count). The molecule has 0 bridgehead atoms. The van der Waals surface area contributed by atoms with Gasteiger partial charge in [-0.25, -0.2) is 0 Å². The average Bonchev–Trinajstić information content (AvgIpc) is 3.13. The van der Waals surface area contributed by atoms with E-state index in [1.807, 2.05) is 34.6 Å². The number of hydrogen-bond donors (Lipinski definition) is 1. The lowest BCUT2D eigenvalue weighted by Crippen LogP contribution is -2.65. The Bertz CT molecular complexity index is 696. The van der Waals surface area contributed by atoms with Gasteiger partial charge in [0.25, 0.3) is 0 Å². The zero-order valence-electron chi connectivity index (χ0n) is 19.1. The Labute approximate surface area is 182 Å². The molecular formula is C21H34O10. The van der Waals surface area contributed by atoms with E-state index in [9.17, 15) is 5.11 Å². The van der Waals surface area contributed by atoms with Gasteiger partial charge in [0.1, 0.15) is 42.7 Å². The first-order chi connectivity index (χ1) is 14.3. The first-order valence-electron chi connectivity index (χ1n) is 11.0. The van der Waals surface area contributed by atoms with Gasteiger partial charge in [-0.1, -0.05) is 0 Å².